The van der Waals surface area contributed by atoms with E-state index in [4.69, 9.17) is 15.7 Å². The van der Waals surface area contributed by atoms with Crippen molar-refractivity contribution in [1.29, 1.82) is 0 Å². The highest BCUT2D eigenvalue weighted by atomic mass is 16.2. The Hall–Kier alpha value is -4.83. The molecule has 10 nitrogen and oxygen atoms in total. The number of fused-ring (bicyclic) bond motifs is 2. The highest BCUT2D eigenvalue weighted by molar-refractivity contribution is 5.88. The maximum absolute atomic E-state index is 11.9. The molecular weight excluding hydrogens is 526 g/mol. The molecule has 8 rings (SSSR count). The molecule has 3 aliphatic rings. The maximum Gasteiger partial charge on any atom is 0.245 e. The van der Waals surface area contributed by atoms with Crippen LogP contribution in [0.25, 0.3) is 34.1 Å². The molecule has 5 heterocycles. The Kier molecular flexibility index (Phi) is 5.55. The highest BCUT2D eigenvalue weighted by Crippen LogP contribution is 2.49. The summed E-state index contributed by atoms with van der Waals surface area (Å²) in [6, 6.07) is 17.1. The number of nitrogens with zero attached hydrogens (tertiary/aromatic N) is 7. The number of aromatic nitrogens is 6. The number of anilines is 1. The lowest BCUT2D eigenvalue weighted by atomic mass is 9.60. The number of nitrogens with one attached hydrogen (secondary N) is 1. The summed E-state index contributed by atoms with van der Waals surface area (Å²) in [4.78, 5) is 28.0. The minimum Gasteiger partial charge on any atom is -0.383 e. The van der Waals surface area contributed by atoms with Crippen molar-refractivity contribution in [3.8, 4) is 22.9 Å². The third kappa shape index (κ3) is 3.93. The molecule has 1 spiro atoms. The number of rotatable bonds is 6. The van der Waals surface area contributed by atoms with Crippen molar-refractivity contribution >= 4 is 22.9 Å². The predicted octanol–water partition coefficient (Wildman–Crippen LogP) is 4.00. The first kappa shape index (κ1) is 24.9. The standard InChI is InChI=1S/C32H31N9O/c1-2-28(42)39-18-32(19-39)16-21(17-32)36-25-9-6-20-15-22(7-8-23(20)25)41-30(24-5-3-12-34-29(24)33)37-26-10-11-27(38-31(26)41)40-14-4-13-35-40/h2-5,7-8,10-15,21,25,36H,1,6,9,16-19H2,(H2,33,34)/t25-/m0/s1. The first-order valence-corrected chi connectivity index (χ1v) is 14.4. The Balaban J connectivity index is 1.10. The van der Waals surface area contributed by atoms with Crippen LogP contribution in [0, 0.1) is 5.41 Å². The van der Waals surface area contributed by atoms with Gasteiger partial charge in [0.25, 0.3) is 0 Å². The van der Waals surface area contributed by atoms with Gasteiger partial charge < -0.3 is 16.0 Å². The first-order chi connectivity index (χ1) is 20.5. The van der Waals surface area contributed by atoms with E-state index < -0.39 is 0 Å². The van der Waals surface area contributed by atoms with E-state index in [-0.39, 0.29) is 5.91 Å². The van der Waals surface area contributed by atoms with Crippen LogP contribution in [0.2, 0.25) is 0 Å². The van der Waals surface area contributed by atoms with Crippen molar-refractivity contribution in [2.75, 3.05) is 18.8 Å². The van der Waals surface area contributed by atoms with Gasteiger partial charge >= 0.3 is 0 Å². The van der Waals surface area contributed by atoms with Crippen LogP contribution < -0.4 is 11.1 Å². The number of carbonyl (C=O) groups is 1. The monoisotopic (exact) mass is 557 g/mol. The summed E-state index contributed by atoms with van der Waals surface area (Å²) < 4.78 is 3.83. The van der Waals surface area contributed by atoms with Gasteiger partial charge in [0, 0.05) is 54.9 Å². The van der Waals surface area contributed by atoms with Gasteiger partial charge in [0.15, 0.2) is 17.3 Å². The lowest BCUT2D eigenvalue weighted by Gasteiger charge is -2.59. The quantitative estimate of drug-likeness (QED) is 0.303. The topological polar surface area (TPSA) is 120 Å². The summed E-state index contributed by atoms with van der Waals surface area (Å²) in [5.41, 5.74) is 12.6. The summed E-state index contributed by atoms with van der Waals surface area (Å²) in [6.07, 6.45) is 11.0. The van der Waals surface area contributed by atoms with Gasteiger partial charge in [0.05, 0.1) is 5.56 Å². The molecule has 5 aromatic rings. The van der Waals surface area contributed by atoms with Crippen molar-refractivity contribution < 1.29 is 4.79 Å². The smallest absolute Gasteiger partial charge is 0.245 e. The molecule has 1 aliphatic heterocycles. The number of hydrogen-bond donors (Lipinski definition) is 2. The Morgan fingerprint density at radius 1 is 1.10 bits per heavy atom. The second-order valence-electron chi connectivity index (χ2n) is 11.8. The van der Waals surface area contributed by atoms with Gasteiger partial charge in [0.2, 0.25) is 5.91 Å². The summed E-state index contributed by atoms with van der Waals surface area (Å²) >= 11 is 0. The van der Waals surface area contributed by atoms with Crippen LogP contribution in [0.4, 0.5) is 5.82 Å². The molecular formula is C32H31N9O. The zero-order chi connectivity index (χ0) is 28.4. The van der Waals surface area contributed by atoms with Crippen LogP contribution in [0.15, 0.2) is 79.8 Å². The van der Waals surface area contributed by atoms with Crippen LogP contribution in [0.3, 0.4) is 0 Å². The molecule has 1 saturated carbocycles. The van der Waals surface area contributed by atoms with E-state index in [1.54, 1.807) is 17.1 Å². The van der Waals surface area contributed by atoms with Crippen molar-refractivity contribution in [2.45, 2.75) is 37.8 Å². The molecule has 3 N–H and O–H groups in total. The predicted molar refractivity (Wildman–Crippen MR) is 160 cm³/mol. The molecule has 210 valence electrons. The lowest BCUT2D eigenvalue weighted by Crippen LogP contribution is -2.67. The van der Waals surface area contributed by atoms with E-state index in [9.17, 15) is 4.79 Å². The average molecular weight is 558 g/mol. The molecule has 0 bridgehead atoms. The largest absolute Gasteiger partial charge is 0.383 e. The van der Waals surface area contributed by atoms with Gasteiger partial charge in [0.1, 0.15) is 11.3 Å². The number of hydrogen-bond acceptors (Lipinski definition) is 7. The lowest BCUT2D eigenvalue weighted by molar-refractivity contribution is -0.147. The van der Waals surface area contributed by atoms with Gasteiger partial charge in [-0.3, -0.25) is 9.36 Å². The zero-order valence-corrected chi connectivity index (χ0v) is 23.1. The Labute approximate surface area is 242 Å². The molecule has 2 aliphatic carbocycles. The normalized spacial score (nSPS) is 19.0. The third-order valence-corrected chi connectivity index (χ3v) is 9.11. The van der Waals surface area contributed by atoms with E-state index in [2.05, 4.69) is 44.7 Å². The molecule has 1 amide bonds. The number of benzene rings is 1. The average Bonchev–Trinajstić information content (AvgIpc) is 3.72. The summed E-state index contributed by atoms with van der Waals surface area (Å²) in [7, 11) is 0. The summed E-state index contributed by atoms with van der Waals surface area (Å²) in [6.45, 7) is 5.33. The van der Waals surface area contributed by atoms with Crippen LogP contribution in [0.1, 0.15) is 36.4 Å². The fraction of sp³-hybridized carbons (Fsp3) is 0.281. The minimum absolute atomic E-state index is 0.0467. The molecule has 1 saturated heterocycles. The minimum atomic E-state index is 0.0467. The summed E-state index contributed by atoms with van der Waals surface area (Å²) in [5, 5.41) is 8.28. The molecule has 0 unspecified atom stereocenters. The molecule has 1 atom stereocenters. The number of nitrogens with two attached hydrogens (primary N) is 1. The van der Waals surface area contributed by atoms with Gasteiger partial charge in [-0.15, -0.1) is 0 Å². The van der Waals surface area contributed by atoms with E-state index in [0.717, 1.165) is 61.2 Å². The maximum atomic E-state index is 11.9. The molecule has 4 aromatic heterocycles. The number of pyridine rings is 2. The van der Waals surface area contributed by atoms with Crippen LogP contribution in [-0.4, -0.2) is 59.2 Å². The summed E-state index contributed by atoms with van der Waals surface area (Å²) in [5.74, 6) is 1.89. The Bertz CT molecular complexity index is 1840. The number of aryl methyl sites for hydroxylation is 1. The van der Waals surface area contributed by atoms with Gasteiger partial charge in [-0.1, -0.05) is 12.6 Å². The second-order valence-corrected chi connectivity index (χ2v) is 11.8. The zero-order valence-electron chi connectivity index (χ0n) is 23.1. The van der Waals surface area contributed by atoms with Crippen LogP contribution >= 0.6 is 0 Å². The molecule has 2 fully saturated rings. The van der Waals surface area contributed by atoms with Crippen molar-refractivity contribution in [2.24, 2.45) is 5.41 Å². The number of carbonyl (C=O) groups excluding carboxylic acids is 1. The van der Waals surface area contributed by atoms with Crippen LogP contribution in [0.5, 0.6) is 0 Å². The first-order valence-electron chi connectivity index (χ1n) is 14.4. The number of likely N-dealkylation sites (tertiary alicyclic amines) is 1. The van der Waals surface area contributed by atoms with E-state index in [1.807, 2.05) is 41.4 Å². The van der Waals surface area contributed by atoms with Crippen molar-refractivity contribution in [3.63, 3.8) is 0 Å². The van der Waals surface area contributed by atoms with E-state index in [0.29, 0.717) is 35.0 Å². The second kappa shape index (κ2) is 9.35. The molecule has 1 aromatic carbocycles. The van der Waals surface area contributed by atoms with E-state index in [1.165, 1.54) is 17.2 Å². The van der Waals surface area contributed by atoms with Crippen LogP contribution in [-0.2, 0) is 11.2 Å². The van der Waals surface area contributed by atoms with Gasteiger partial charge in [-0.2, -0.15) is 5.10 Å². The van der Waals surface area contributed by atoms with Crippen molar-refractivity contribution in [1.82, 2.24) is 39.5 Å². The fourth-order valence-corrected chi connectivity index (χ4v) is 7.12. The van der Waals surface area contributed by atoms with Gasteiger partial charge in [-0.05, 0) is 85.4 Å². The number of imidazole rings is 1. The van der Waals surface area contributed by atoms with Gasteiger partial charge in [-0.25, -0.2) is 19.6 Å². The van der Waals surface area contributed by atoms with Crippen molar-refractivity contribution in [3.05, 3.63) is 90.9 Å². The molecule has 0 radical (unpaired) electrons. The van der Waals surface area contributed by atoms with E-state index >= 15 is 0 Å². The molecule has 10 heteroatoms. The Morgan fingerprint density at radius 2 is 1.98 bits per heavy atom. The number of nitrogen functional groups attached to an aromatic ring is 1. The SMILES string of the molecule is C=CC(=O)N1CC2(CC(N[C@H]3CCc4cc(-n5c(-c6cccnc6N)nc6ccc(-n7cccn7)nc65)ccc43)C2)C1. The third-order valence-electron chi connectivity index (χ3n) is 9.11. The fourth-order valence-electron chi connectivity index (χ4n) is 7.12. The molecule has 42 heavy (non-hydrogen) atoms. The Morgan fingerprint density at radius 3 is 2.76 bits per heavy atom. The highest BCUT2D eigenvalue weighted by Gasteiger charge is 2.53. The number of amides is 1.